The van der Waals surface area contributed by atoms with Gasteiger partial charge in [0.1, 0.15) is 0 Å². The fourth-order valence-corrected chi connectivity index (χ4v) is 1.76. The molecule has 102 valence electrons. The second-order valence-corrected chi connectivity index (χ2v) is 4.05. The van der Waals surface area contributed by atoms with Gasteiger partial charge in [-0.3, -0.25) is 4.98 Å². The first kappa shape index (κ1) is 12.2. The molecule has 0 bridgehead atoms. The van der Waals surface area contributed by atoms with Crippen LogP contribution in [0.15, 0.2) is 39.5 Å². The van der Waals surface area contributed by atoms with E-state index in [1.54, 1.807) is 0 Å². The van der Waals surface area contributed by atoms with Crippen molar-refractivity contribution in [3.05, 3.63) is 52.5 Å². The Morgan fingerprint density at radius 1 is 1.20 bits per heavy atom. The van der Waals surface area contributed by atoms with Crippen LogP contribution < -0.4 is 16.2 Å². The fourth-order valence-electron chi connectivity index (χ4n) is 1.76. The molecule has 3 N–H and O–H groups in total. The van der Waals surface area contributed by atoms with Gasteiger partial charge in [0.2, 0.25) is 5.82 Å². The van der Waals surface area contributed by atoms with Crippen molar-refractivity contribution in [2.75, 3.05) is 5.73 Å². The van der Waals surface area contributed by atoms with Crippen LogP contribution in [-0.2, 0) is 0 Å². The Bertz CT molecular complexity index is 854. The summed E-state index contributed by atoms with van der Waals surface area (Å²) in [5, 5.41) is 0. The minimum absolute atomic E-state index is 0.0825. The molecule has 3 rings (SSSR count). The largest absolute Gasteiger partial charge is 0.452 e. The molecule has 0 spiro atoms. The van der Waals surface area contributed by atoms with Gasteiger partial charge in [-0.2, -0.15) is 4.39 Å². The lowest BCUT2D eigenvalue weighted by atomic mass is 10.2. The van der Waals surface area contributed by atoms with E-state index in [0.29, 0.717) is 5.52 Å². The van der Waals surface area contributed by atoms with Crippen molar-refractivity contribution >= 4 is 16.8 Å². The number of nitrogens with two attached hydrogens (primary N) is 1. The van der Waals surface area contributed by atoms with Crippen molar-refractivity contribution in [3.8, 4) is 11.5 Å². The average Bonchev–Trinajstić information content (AvgIpc) is 2.74. The molecule has 2 aromatic carbocycles. The number of rotatable bonds is 2. The van der Waals surface area contributed by atoms with Crippen molar-refractivity contribution in [1.82, 2.24) is 4.98 Å². The zero-order valence-electron chi connectivity index (χ0n) is 9.94. The van der Waals surface area contributed by atoms with Crippen LogP contribution in [-0.4, -0.2) is 4.98 Å². The smallest absolute Gasteiger partial charge is 0.417 e. The molecule has 1 heterocycles. The molecule has 0 saturated heterocycles. The summed E-state index contributed by atoms with van der Waals surface area (Å²) in [7, 11) is 0. The maximum Gasteiger partial charge on any atom is 0.417 e. The van der Waals surface area contributed by atoms with Gasteiger partial charge in [0.15, 0.2) is 22.9 Å². The van der Waals surface area contributed by atoms with E-state index >= 15 is 0 Å². The highest BCUT2D eigenvalue weighted by Crippen LogP contribution is 2.32. The Kier molecular flexibility index (Phi) is 2.67. The number of halogens is 2. The number of oxazole rings is 1. The highest BCUT2D eigenvalue weighted by molar-refractivity contribution is 5.80. The highest BCUT2D eigenvalue weighted by atomic mass is 19.2. The second-order valence-electron chi connectivity index (χ2n) is 4.05. The molecule has 0 saturated carbocycles. The summed E-state index contributed by atoms with van der Waals surface area (Å²) < 4.78 is 36.7. The molecule has 20 heavy (non-hydrogen) atoms. The SMILES string of the molecule is Nc1cc2oc(=O)[nH]c2cc1Oc1cccc(F)c1F. The van der Waals surface area contributed by atoms with Crippen molar-refractivity contribution in [1.29, 1.82) is 0 Å². The molecular formula is C13H8F2N2O3. The summed E-state index contributed by atoms with van der Waals surface area (Å²) in [4.78, 5) is 13.5. The molecule has 0 aliphatic rings. The van der Waals surface area contributed by atoms with Crippen molar-refractivity contribution in [2.45, 2.75) is 0 Å². The number of aromatic nitrogens is 1. The number of benzene rings is 2. The predicted octanol–water partition coefficient (Wildman–Crippen LogP) is 2.77. The van der Waals surface area contributed by atoms with Gasteiger partial charge in [-0.25, -0.2) is 9.18 Å². The molecule has 0 aliphatic carbocycles. The number of nitrogen functional groups attached to an aromatic ring is 1. The minimum Gasteiger partial charge on any atom is -0.452 e. The molecule has 7 heteroatoms. The monoisotopic (exact) mass is 278 g/mol. The number of aromatic amines is 1. The Labute approximate surface area is 110 Å². The number of fused-ring (bicyclic) bond motifs is 1. The highest BCUT2D eigenvalue weighted by Gasteiger charge is 2.13. The molecule has 0 radical (unpaired) electrons. The van der Waals surface area contributed by atoms with E-state index in [9.17, 15) is 13.6 Å². The van der Waals surface area contributed by atoms with Gasteiger partial charge in [0.25, 0.3) is 0 Å². The molecule has 0 fully saturated rings. The van der Waals surface area contributed by atoms with E-state index in [1.807, 2.05) is 0 Å². The van der Waals surface area contributed by atoms with E-state index in [-0.39, 0.29) is 22.8 Å². The summed E-state index contributed by atoms with van der Waals surface area (Å²) in [6.45, 7) is 0. The van der Waals surface area contributed by atoms with Crippen LogP contribution in [0.2, 0.25) is 0 Å². The van der Waals surface area contributed by atoms with Gasteiger partial charge in [-0.15, -0.1) is 0 Å². The van der Waals surface area contributed by atoms with Gasteiger partial charge in [-0.05, 0) is 12.1 Å². The van der Waals surface area contributed by atoms with Crippen molar-refractivity contribution in [3.63, 3.8) is 0 Å². The number of H-pyrrole nitrogens is 1. The Balaban J connectivity index is 2.08. The molecule has 0 unspecified atom stereocenters. The lowest BCUT2D eigenvalue weighted by Gasteiger charge is -2.09. The third kappa shape index (κ3) is 1.99. The number of hydrogen-bond donors (Lipinski definition) is 2. The number of nitrogens with one attached hydrogen (secondary N) is 1. The average molecular weight is 278 g/mol. The first-order valence-electron chi connectivity index (χ1n) is 5.59. The standard InChI is InChI=1S/C13H8F2N2O3/c14-6-2-1-3-9(12(6)15)19-10-5-8-11(4-7(10)16)20-13(18)17-8/h1-5H,16H2,(H,17,18). The summed E-state index contributed by atoms with van der Waals surface area (Å²) >= 11 is 0. The van der Waals surface area contributed by atoms with E-state index < -0.39 is 17.4 Å². The normalized spacial score (nSPS) is 10.9. The maximum absolute atomic E-state index is 13.5. The van der Waals surface area contributed by atoms with Crippen LogP contribution in [0.1, 0.15) is 0 Å². The first-order valence-corrected chi connectivity index (χ1v) is 5.59. The Morgan fingerprint density at radius 2 is 2.00 bits per heavy atom. The van der Waals surface area contributed by atoms with Crippen LogP contribution in [0.4, 0.5) is 14.5 Å². The van der Waals surface area contributed by atoms with Gasteiger partial charge < -0.3 is 14.9 Å². The van der Waals surface area contributed by atoms with E-state index in [2.05, 4.69) is 4.98 Å². The fraction of sp³-hybridized carbons (Fsp3) is 0. The van der Waals surface area contributed by atoms with Crippen molar-refractivity contribution < 1.29 is 17.9 Å². The van der Waals surface area contributed by atoms with Gasteiger partial charge in [0, 0.05) is 12.1 Å². The predicted molar refractivity (Wildman–Crippen MR) is 67.7 cm³/mol. The quantitative estimate of drug-likeness (QED) is 0.706. The van der Waals surface area contributed by atoms with Gasteiger partial charge >= 0.3 is 5.76 Å². The summed E-state index contributed by atoms with van der Waals surface area (Å²) in [5.41, 5.74) is 6.44. The number of ether oxygens (including phenoxy) is 1. The first-order chi connectivity index (χ1) is 9.54. The van der Waals surface area contributed by atoms with E-state index in [0.717, 1.165) is 6.07 Å². The zero-order chi connectivity index (χ0) is 14.3. The second kappa shape index (κ2) is 4.37. The molecule has 1 aromatic heterocycles. The summed E-state index contributed by atoms with van der Waals surface area (Å²) in [6, 6.07) is 6.28. The van der Waals surface area contributed by atoms with Crippen LogP contribution in [0, 0.1) is 11.6 Å². The third-order valence-corrected chi connectivity index (χ3v) is 2.69. The maximum atomic E-state index is 13.5. The summed E-state index contributed by atoms with van der Waals surface area (Å²) in [5.74, 6) is -3.01. The molecular weight excluding hydrogens is 270 g/mol. The molecule has 0 atom stereocenters. The van der Waals surface area contributed by atoms with Gasteiger partial charge in [0.05, 0.1) is 11.2 Å². The molecule has 0 amide bonds. The van der Waals surface area contributed by atoms with E-state index in [4.69, 9.17) is 14.9 Å². The van der Waals surface area contributed by atoms with Crippen molar-refractivity contribution in [2.24, 2.45) is 0 Å². The lowest BCUT2D eigenvalue weighted by molar-refractivity contribution is 0.417. The van der Waals surface area contributed by atoms with Crippen LogP contribution in [0.5, 0.6) is 11.5 Å². The van der Waals surface area contributed by atoms with Crippen LogP contribution in [0.25, 0.3) is 11.1 Å². The minimum atomic E-state index is -1.12. The van der Waals surface area contributed by atoms with E-state index in [1.165, 1.54) is 24.3 Å². The number of hydrogen-bond acceptors (Lipinski definition) is 4. The zero-order valence-corrected chi connectivity index (χ0v) is 9.94. The van der Waals surface area contributed by atoms with Gasteiger partial charge in [-0.1, -0.05) is 6.07 Å². The Hall–Kier alpha value is -2.83. The topological polar surface area (TPSA) is 81.2 Å². The van der Waals surface area contributed by atoms with Crippen LogP contribution in [0.3, 0.4) is 0 Å². The third-order valence-electron chi connectivity index (χ3n) is 2.69. The molecule has 0 aliphatic heterocycles. The lowest BCUT2D eigenvalue weighted by Crippen LogP contribution is -1.95. The molecule has 3 aromatic rings. The van der Waals surface area contributed by atoms with Crippen LogP contribution >= 0.6 is 0 Å². The summed E-state index contributed by atoms with van der Waals surface area (Å²) in [6.07, 6.45) is 0. The number of anilines is 1. The Morgan fingerprint density at radius 3 is 2.80 bits per heavy atom. The molecule has 5 nitrogen and oxygen atoms in total.